The number of nitrogens with zero attached hydrogens (tertiary/aromatic N) is 3. The number of carbonyl (C=O) groups excluding carboxylic acids is 1. The van der Waals surface area contributed by atoms with E-state index in [1.807, 2.05) is 0 Å². The van der Waals surface area contributed by atoms with Gasteiger partial charge < -0.3 is 5.32 Å². The van der Waals surface area contributed by atoms with Crippen molar-refractivity contribution in [2.75, 3.05) is 19.6 Å². The fraction of sp³-hybridized carbons (Fsp3) is 0.476. The van der Waals surface area contributed by atoms with E-state index >= 15 is 0 Å². The van der Waals surface area contributed by atoms with Crippen LogP contribution in [0.5, 0.6) is 0 Å². The third kappa shape index (κ3) is 2.79. The zero-order chi connectivity index (χ0) is 21.3. The normalized spacial score (nSPS) is 28.2. The van der Waals surface area contributed by atoms with Gasteiger partial charge in [-0.3, -0.25) is 4.79 Å². The van der Waals surface area contributed by atoms with Gasteiger partial charge in [-0.05, 0) is 36.5 Å². The maximum atomic E-state index is 13.7. The summed E-state index contributed by atoms with van der Waals surface area (Å²) in [5, 5.41) is 11.7. The average Bonchev–Trinajstić information content (AvgIpc) is 3.29. The first-order valence-electron chi connectivity index (χ1n) is 10.0. The van der Waals surface area contributed by atoms with Crippen LogP contribution in [0.2, 0.25) is 0 Å². The Bertz CT molecular complexity index is 1170. The summed E-state index contributed by atoms with van der Waals surface area (Å²) in [5.41, 5.74) is 1.49. The van der Waals surface area contributed by atoms with Gasteiger partial charge >= 0.3 is 0 Å². The fourth-order valence-corrected chi connectivity index (χ4v) is 6.81. The van der Waals surface area contributed by atoms with Gasteiger partial charge in [-0.15, -0.1) is 5.11 Å². The second-order valence-electron chi connectivity index (χ2n) is 9.27. The topological polar surface area (TPSA) is 91.2 Å². The number of hydrogen-bond donors (Lipinski definition) is 1. The molecule has 0 bridgehead atoms. The Morgan fingerprint density at radius 2 is 2.03 bits per heavy atom. The van der Waals surface area contributed by atoms with Crippen molar-refractivity contribution in [2.24, 2.45) is 21.1 Å². The Kier molecular flexibility index (Phi) is 4.11. The fourth-order valence-electron chi connectivity index (χ4n) is 5.27. The van der Waals surface area contributed by atoms with Gasteiger partial charge in [0.1, 0.15) is 5.82 Å². The van der Waals surface area contributed by atoms with Crippen LogP contribution in [-0.4, -0.2) is 38.1 Å². The van der Waals surface area contributed by atoms with Gasteiger partial charge in [0.25, 0.3) is 0 Å². The van der Waals surface area contributed by atoms with Crippen LogP contribution in [0.4, 0.5) is 4.39 Å². The second-order valence-corrected chi connectivity index (χ2v) is 11.2. The smallest absolute Gasteiger partial charge is 0.243 e. The minimum atomic E-state index is -3.89. The van der Waals surface area contributed by atoms with Crippen LogP contribution >= 0.6 is 0 Å². The number of carbonyl (C=O) groups is 1. The van der Waals surface area contributed by atoms with Gasteiger partial charge in [-0.1, -0.05) is 19.9 Å². The molecule has 0 amide bonds. The van der Waals surface area contributed by atoms with Crippen molar-refractivity contribution >= 4 is 15.8 Å². The van der Waals surface area contributed by atoms with Crippen LogP contribution in [0.15, 0.2) is 62.1 Å². The van der Waals surface area contributed by atoms with E-state index < -0.39 is 21.3 Å². The van der Waals surface area contributed by atoms with Gasteiger partial charge in [-0.25, -0.2) is 12.8 Å². The number of azo groups is 1. The molecule has 30 heavy (non-hydrogen) atoms. The summed E-state index contributed by atoms with van der Waals surface area (Å²) >= 11 is 0. The van der Waals surface area contributed by atoms with E-state index in [0.29, 0.717) is 37.2 Å². The number of Topliss-reactive ketones (excluding diaryl/α,β-unsaturated/α-hetero) is 1. The highest BCUT2D eigenvalue weighted by Crippen LogP contribution is 2.54. The van der Waals surface area contributed by atoms with Crippen LogP contribution in [0.1, 0.15) is 33.1 Å². The minimum absolute atomic E-state index is 0.0530. The molecule has 0 radical (unpaired) electrons. The van der Waals surface area contributed by atoms with Crippen molar-refractivity contribution in [2.45, 2.75) is 38.0 Å². The number of fused-ring (bicyclic) bond motifs is 2. The molecule has 158 valence electrons. The Hall–Kier alpha value is -2.39. The van der Waals surface area contributed by atoms with E-state index in [1.165, 1.54) is 22.5 Å². The molecule has 0 aromatic heterocycles. The molecular weight excluding hydrogens is 407 g/mol. The van der Waals surface area contributed by atoms with Gasteiger partial charge in [0, 0.05) is 41.8 Å². The molecule has 0 saturated carbocycles. The van der Waals surface area contributed by atoms with Crippen LogP contribution < -0.4 is 5.32 Å². The van der Waals surface area contributed by atoms with Gasteiger partial charge in [0.05, 0.1) is 11.4 Å². The summed E-state index contributed by atoms with van der Waals surface area (Å²) in [4.78, 5) is 13.2. The Balaban J connectivity index is 1.58. The monoisotopic (exact) mass is 430 g/mol. The standard InChI is InChI=1S/C21H23FN4O3S/c1-20(2)9-16-18(17(27)10-20)21(15-11-23-25-19(15)24-16)6-7-26(12-21)30(28,29)14-5-3-4-13(22)8-14/h3-5,8,24H,6-7,9-12H2,1-2H3/t21-/m0/s1. The highest BCUT2D eigenvalue weighted by Gasteiger charge is 2.55. The van der Waals surface area contributed by atoms with Crippen LogP contribution in [0.25, 0.3) is 0 Å². The number of sulfonamides is 1. The van der Waals surface area contributed by atoms with E-state index in [1.54, 1.807) is 0 Å². The first kappa shape index (κ1) is 19.6. The second kappa shape index (κ2) is 6.31. The largest absolute Gasteiger partial charge is 0.342 e. The SMILES string of the molecule is CC1(C)CC(=O)C2=C(C1)NC1=C(CN=N1)[C@@]21CCN(S(=O)(=O)c2cccc(F)c2)C1. The molecule has 0 unspecified atom stereocenters. The lowest BCUT2D eigenvalue weighted by atomic mass is 9.63. The third-order valence-electron chi connectivity index (χ3n) is 6.55. The van der Waals surface area contributed by atoms with Crippen molar-refractivity contribution in [1.29, 1.82) is 0 Å². The van der Waals surface area contributed by atoms with Crippen molar-refractivity contribution in [3.8, 4) is 0 Å². The van der Waals surface area contributed by atoms with Crippen molar-refractivity contribution < 1.29 is 17.6 Å². The summed E-state index contributed by atoms with van der Waals surface area (Å²) in [6.45, 7) is 4.85. The van der Waals surface area contributed by atoms with Crippen LogP contribution in [-0.2, 0) is 14.8 Å². The third-order valence-corrected chi connectivity index (χ3v) is 8.40. The molecule has 1 spiro atoms. The lowest BCUT2D eigenvalue weighted by molar-refractivity contribution is -0.119. The van der Waals surface area contributed by atoms with Crippen molar-refractivity contribution in [1.82, 2.24) is 9.62 Å². The van der Waals surface area contributed by atoms with Gasteiger partial charge in [0.15, 0.2) is 11.6 Å². The average molecular weight is 431 g/mol. The lowest BCUT2D eigenvalue weighted by Gasteiger charge is -2.43. The predicted octanol–water partition coefficient (Wildman–Crippen LogP) is 3.13. The number of benzene rings is 1. The molecule has 1 aromatic carbocycles. The number of hydrogen-bond acceptors (Lipinski definition) is 6. The minimum Gasteiger partial charge on any atom is -0.342 e. The van der Waals surface area contributed by atoms with Crippen molar-refractivity contribution in [3.63, 3.8) is 0 Å². The molecule has 9 heteroatoms. The number of allylic oxidation sites excluding steroid dienone is 1. The van der Waals surface area contributed by atoms with E-state index in [2.05, 4.69) is 29.4 Å². The molecule has 4 aliphatic rings. The zero-order valence-corrected chi connectivity index (χ0v) is 17.7. The maximum Gasteiger partial charge on any atom is 0.243 e. The molecule has 1 aliphatic carbocycles. The molecule has 1 saturated heterocycles. The molecule has 5 rings (SSSR count). The molecule has 1 atom stereocenters. The molecule has 1 fully saturated rings. The summed E-state index contributed by atoms with van der Waals surface area (Å²) in [6.07, 6.45) is 1.60. The summed E-state index contributed by atoms with van der Waals surface area (Å²) in [5.74, 6) is 0.0985. The number of nitrogens with one attached hydrogen (secondary N) is 1. The highest BCUT2D eigenvalue weighted by molar-refractivity contribution is 7.89. The Morgan fingerprint density at radius 3 is 2.80 bits per heavy atom. The first-order chi connectivity index (χ1) is 14.1. The maximum absolute atomic E-state index is 13.7. The van der Waals surface area contributed by atoms with Crippen molar-refractivity contribution in [3.05, 3.63) is 52.7 Å². The summed E-state index contributed by atoms with van der Waals surface area (Å²) in [6, 6.07) is 5.04. The number of halogens is 1. The van der Waals surface area contributed by atoms with Crippen LogP contribution in [0.3, 0.4) is 0 Å². The quantitative estimate of drug-likeness (QED) is 0.780. The zero-order valence-electron chi connectivity index (χ0n) is 16.9. The number of rotatable bonds is 2. The Morgan fingerprint density at radius 1 is 1.23 bits per heavy atom. The summed E-state index contributed by atoms with van der Waals surface area (Å²) in [7, 11) is -3.89. The molecule has 7 nitrogen and oxygen atoms in total. The molecule has 1 N–H and O–H groups in total. The van der Waals surface area contributed by atoms with Crippen LogP contribution in [0, 0.1) is 16.6 Å². The van der Waals surface area contributed by atoms with Gasteiger partial charge in [0.2, 0.25) is 10.0 Å². The number of dihydropyridines is 1. The van der Waals surface area contributed by atoms with E-state index in [-0.39, 0.29) is 29.2 Å². The summed E-state index contributed by atoms with van der Waals surface area (Å²) < 4.78 is 41.5. The van der Waals surface area contributed by atoms with Gasteiger partial charge in [-0.2, -0.15) is 9.42 Å². The van der Waals surface area contributed by atoms with E-state index in [9.17, 15) is 17.6 Å². The van der Waals surface area contributed by atoms with E-state index in [4.69, 9.17) is 0 Å². The highest BCUT2D eigenvalue weighted by atomic mass is 32.2. The van der Waals surface area contributed by atoms with E-state index in [0.717, 1.165) is 17.3 Å². The molecule has 1 aromatic rings. The lowest BCUT2D eigenvalue weighted by Crippen LogP contribution is -2.45. The first-order valence-corrected chi connectivity index (χ1v) is 11.5. The predicted molar refractivity (Wildman–Crippen MR) is 107 cm³/mol. The molecule has 3 aliphatic heterocycles. The molecular formula is C21H23FN4O3S. The number of ketones is 1. The Labute approximate surface area is 174 Å². The molecule has 3 heterocycles.